The molecule has 2 aromatic heterocycles. The Bertz CT molecular complexity index is 1860. The average Bonchev–Trinajstić information content (AvgIpc) is 3.48. The van der Waals surface area contributed by atoms with Gasteiger partial charge in [0.25, 0.3) is 15.6 Å². The number of likely N-dealkylation sites (N-methyl/N-ethyl adjacent to an activating group) is 1. The number of hydrogen-bond acceptors (Lipinski definition) is 8. The molecular formula is C23H18ClFN6O5S2. The summed E-state index contributed by atoms with van der Waals surface area (Å²) in [5, 5.41) is 2.36. The van der Waals surface area contributed by atoms with Gasteiger partial charge < -0.3 is 15.2 Å². The number of halogens is 2. The van der Waals surface area contributed by atoms with Crippen LogP contribution in [0.25, 0.3) is 16.6 Å². The van der Waals surface area contributed by atoms with Crippen molar-refractivity contribution in [1.29, 1.82) is 0 Å². The number of nitrogens with zero attached hydrogens (tertiary/aromatic N) is 3. The number of amides is 2. The molecule has 11 nitrogen and oxygen atoms in total. The number of nitrogens with one attached hydrogen (secondary N) is 3. The van der Waals surface area contributed by atoms with Crippen LogP contribution in [-0.2, 0) is 10.0 Å². The van der Waals surface area contributed by atoms with Gasteiger partial charge in [0.05, 0.1) is 27.5 Å². The lowest BCUT2D eigenvalue weighted by Crippen LogP contribution is -2.35. The van der Waals surface area contributed by atoms with E-state index in [0.717, 1.165) is 41.4 Å². The second-order valence-electron chi connectivity index (χ2n) is 8.24. The maximum atomic E-state index is 15.0. The van der Waals surface area contributed by atoms with E-state index in [4.69, 9.17) is 11.6 Å². The Labute approximate surface area is 223 Å². The van der Waals surface area contributed by atoms with Gasteiger partial charge in [0, 0.05) is 24.8 Å². The maximum absolute atomic E-state index is 15.0. The number of aliphatic imine (C=N–C) groups is 1. The highest BCUT2D eigenvalue weighted by atomic mass is 35.5. The van der Waals surface area contributed by atoms with E-state index in [-0.39, 0.29) is 30.8 Å². The summed E-state index contributed by atoms with van der Waals surface area (Å²) < 4.78 is 42.0. The molecular weight excluding hydrogens is 559 g/mol. The fraction of sp³-hybridized carbons (Fsp3) is 0.130. The SMILES string of the molecule is CN1CCN=C1c1ccc2c(=O)n(-c3ccc(NC(=O)NS(=O)(=O)c4ccc(Cl)s4)cc3F)c(=O)[nH]c2c1. The molecule has 3 heterocycles. The van der Waals surface area contributed by atoms with Gasteiger partial charge >= 0.3 is 11.7 Å². The Morgan fingerprint density at radius 3 is 2.61 bits per heavy atom. The summed E-state index contributed by atoms with van der Waals surface area (Å²) in [6.07, 6.45) is 0. The van der Waals surface area contributed by atoms with Crippen LogP contribution in [0.2, 0.25) is 4.34 Å². The number of aromatic nitrogens is 2. The largest absolute Gasteiger partial charge is 0.358 e. The van der Waals surface area contributed by atoms with Crippen molar-refractivity contribution in [2.75, 3.05) is 25.5 Å². The van der Waals surface area contributed by atoms with E-state index in [0.29, 0.717) is 11.1 Å². The molecule has 0 fully saturated rings. The minimum absolute atomic E-state index is 0.112. The quantitative estimate of drug-likeness (QED) is 0.333. The van der Waals surface area contributed by atoms with Crippen LogP contribution >= 0.6 is 22.9 Å². The molecule has 2 aromatic carbocycles. The summed E-state index contributed by atoms with van der Waals surface area (Å²) in [5.41, 5.74) is -1.06. The zero-order valence-electron chi connectivity index (χ0n) is 19.5. The first kappa shape index (κ1) is 25.6. The van der Waals surface area contributed by atoms with Crippen LogP contribution in [0.4, 0.5) is 14.9 Å². The number of thiophene rings is 1. The molecule has 0 atom stereocenters. The van der Waals surface area contributed by atoms with Gasteiger partial charge in [0.2, 0.25) is 0 Å². The Morgan fingerprint density at radius 1 is 1.16 bits per heavy atom. The molecule has 2 amide bonds. The highest BCUT2D eigenvalue weighted by Crippen LogP contribution is 2.25. The van der Waals surface area contributed by atoms with Gasteiger partial charge in [-0.15, -0.1) is 11.3 Å². The summed E-state index contributed by atoms with van der Waals surface area (Å²) in [4.78, 5) is 47.1. The molecule has 38 heavy (non-hydrogen) atoms. The monoisotopic (exact) mass is 576 g/mol. The lowest BCUT2D eigenvalue weighted by atomic mass is 10.1. The number of fused-ring (bicyclic) bond motifs is 1. The standard InChI is InChI=1S/C23H18ClFN6O5S2/c1-30-9-8-26-20(30)12-2-4-14-16(10-12)28-23(34)31(21(14)32)17-5-3-13(11-15(17)25)27-22(33)29-38(35,36)19-7-6-18(24)37-19/h2-7,10-11H,8-9H2,1H3,(H,28,34)(H2,27,29,33). The summed E-state index contributed by atoms with van der Waals surface area (Å²) in [7, 11) is -2.30. The first-order chi connectivity index (χ1) is 18.0. The van der Waals surface area contributed by atoms with E-state index in [2.05, 4.69) is 15.3 Å². The normalized spacial score (nSPS) is 13.6. The molecule has 0 aliphatic carbocycles. The minimum Gasteiger partial charge on any atom is -0.358 e. The Kier molecular flexibility index (Phi) is 6.54. The van der Waals surface area contributed by atoms with Crippen LogP contribution in [0.15, 0.2) is 67.3 Å². The van der Waals surface area contributed by atoms with Gasteiger partial charge in [-0.2, -0.15) is 0 Å². The number of carbonyl (C=O) groups is 1. The molecule has 1 aliphatic rings. The smallest absolute Gasteiger partial charge is 0.333 e. The van der Waals surface area contributed by atoms with Crippen molar-refractivity contribution in [2.24, 2.45) is 4.99 Å². The number of sulfonamides is 1. The van der Waals surface area contributed by atoms with E-state index in [1.807, 2.05) is 11.9 Å². The number of anilines is 1. The van der Waals surface area contributed by atoms with Crippen molar-refractivity contribution in [3.8, 4) is 5.69 Å². The molecule has 0 radical (unpaired) electrons. The fourth-order valence-corrected chi connectivity index (χ4v) is 6.35. The molecule has 1 aliphatic heterocycles. The maximum Gasteiger partial charge on any atom is 0.333 e. The predicted molar refractivity (Wildman–Crippen MR) is 143 cm³/mol. The molecule has 3 N–H and O–H groups in total. The molecule has 15 heteroatoms. The van der Waals surface area contributed by atoms with Crippen LogP contribution < -0.4 is 21.3 Å². The number of amidine groups is 1. The Morgan fingerprint density at radius 2 is 1.95 bits per heavy atom. The zero-order chi connectivity index (χ0) is 27.2. The molecule has 0 saturated carbocycles. The van der Waals surface area contributed by atoms with Crippen molar-refractivity contribution in [3.63, 3.8) is 0 Å². The van der Waals surface area contributed by atoms with Gasteiger partial charge in [-0.1, -0.05) is 17.7 Å². The van der Waals surface area contributed by atoms with Crippen molar-refractivity contribution in [2.45, 2.75) is 4.21 Å². The van der Waals surface area contributed by atoms with Crippen LogP contribution in [0.5, 0.6) is 0 Å². The third-order valence-electron chi connectivity index (χ3n) is 5.70. The molecule has 4 aromatic rings. The van der Waals surface area contributed by atoms with E-state index in [1.165, 1.54) is 24.3 Å². The van der Waals surface area contributed by atoms with Crippen molar-refractivity contribution >= 4 is 61.4 Å². The fourth-order valence-electron chi connectivity index (χ4n) is 3.96. The highest BCUT2D eigenvalue weighted by molar-refractivity contribution is 7.92. The van der Waals surface area contributed by atoms with Crippen molar-refractivity contribution in [1.82, 2.24) is 19.2 Å². The van der Waals surface area contributed by atoms with Crippen LogP contribution in [-0.4, -0.2) is 54.9 Å². The summed E-state index contributed by atoms with van der Waals surface area (Å²) >= 11 is 6.50. The summed E-state index contributed by atoms with van der Waals surface area (Å²) in [5.74, 6) is -0.261. The van der Waals surface area contributed by atoms with Gasteiger partial charge in [-0.25, -0.2) is 31.7 Å². The summed E-state index contributed by atoms with van der Waals surface area (Å²) in [6.45, 7) is 1.41. The summed E-state index contributed by atoms with van der Waals surface area (Å²) in [6, 6.07) is 9.54. The number of H-pyrrole nitrogens is 1. The highest BCUT2D eigenvalue weighted by Gasteiger charge is 2.21. The Balaban J connectivity index is 1.42. The van der Waals surface area contributed by atoms with E-state index in [9.17, 15) is 22.8 Å². The molecule has 196 valence electrons. The number of hydrogen-bond donors (Lipinski definition) is 3. The third-order valence-corrected chi connectivity index (χ3v) is 8.76. The van der Waals surface area contributed by atoms with Gasteiger partial charge in [-0.05, 0) is 42.5 Å². The second kappa shape index (κ2) is 9.70. The predicted octanol–water partition coefficient (Wildman–Crippen LogP) is 2.74. The molecule has 0 unspecified atom stereocenters. The van der Waals surface area contributed by atoms with Gasteiger partial charge in [-0.3, -0.25) is 9.79 Å². The molecule has 5 rings (SSSR count). The van der Waals surface area contributed by atoms with Crippen molar-refractivity contribution in [3.05, 3.63) is 85.1 Å². The van der Waals surface area contributed by atoms with E-state index < -0.39 is 33.1 Å². The average molecular weight is 577 g/mol. The van der Waals surface area contributed by atoms with E-state index in [1.54, 1.807) is 16.9 Å². The lowest BCUT2D eigenvalue weighted by molar-refractivity contribution is 0.256. The lowest BCUT2D eigenvalue weighted by Gasteiger charge is -2.14. The molecule has 0 spiro atoms. The zero-order valence-corrected chi connectivity index (χ0v) is 21.9. The first-order valence-corrected chi connectivity index (χ1v) is 13.7. The minimum atomic E-state index is -4.19. The number of carbonyl (C=O) groups excluding carboxylic acids is 1. The molecule has 0 bridgehead atoms. The number of aromatic amines is 1. The first-order valence-electron chi connectivity index (χ1n) is 11.0. The van der Waals surface area contributed by atoms with Crippen LogP contribution in [0.1, 0.15) is 5.56 Å². The topological polar surface area (TPSA) is 146 Å². The van der Waals surface area contributed by atoms with Gasteiger partial charge in [0.15, 0.2) is 0 Å². The van der Waals surface area contributed by atoms with Crippen LogP contribution in [0, 0.1) is 5.82 Å². The Hall–Kier alpha value is -4.01. The number of benzene rings is 2. The van der Waals surface area contributed by atoms with Crippen LogP contribution in [0.3, 0.4) is 0 Å². The third kappa shape index (κ3) is 4.80. The number of rotatable bonds is 5. The number of urea groups is 1. The molecule has 0 saturated heterocycles. The van der Waals surface area contributed by atoms with Gasteiger partial charge in [0.1, 0.15) is 15.9 Å². The van der Waals surface area contributed by atoms with E-state index >= 15 is 4.39 Å². The van der Waals surface area contributed by atoms with Crippen molar-refractivity contribution < 1.29 is 17.6 Å². The second-order valence-corrected chi connectivity index (χ2v) is 11.9.